The molecule has 2 atom stereocenters. The number of nitrogens with one attached hydrogen (secondary N) is 1. The molecule has 0 aromatic carbocycles. The second kappa shape index (κ2) is 6.53. The Morgan fingerprint density at radius 2 is 2.29 bits per heavy atom. The molecular weight excluding hydrogens is 228 g/mol. The summed E-state index contributed by atoms with van der Waals surface area (Å²) >= 11 is 1.86. The molecule has 0 radical (unpaired) electrons. The Hall–Kier alpha value is -0.380. The lowest BCUT2D eigenvalue weighted by Gasteiger charge is -2.20. The Balaban J connectivity index is 1.54. The number of thiophene rings is 1. The number of hydrogen-bond acceptors (Lipinski definition) is 3. The van der Waals surface area contributed by atoms with Gasteiger partial charge < -0.3 is 5.32 Å². The van der Waals surface area contributed by atoms with Gasteiger partial charge in [0.05, 0.1) is 0 Å². The number of rotatable bonds is 6. The van der Waals surface area contributed by atoms with Gasteiger partial charge in [-0.15, -0.1) is 11.3 Å². The predicted octanol–water partition coefficient (Wildman–Crippen LogP) is 2.61. The van der Waals surface area contributed by atoms with Crippen molar-refractivity contribution in [2.75, 3.05) is 26.2 Å². The van der Waals surface area contributed by atoms with E-state index in [1.54, 1.807) is 0 Å². The fraction of sp³-hybridized carbons (Fsp3) is 0.714. The van der Waals surface area contributed by atoms with Gasteiger partial charge in [0.15, 0.2) is 0 Å². The van der Waals surface area contributed by atoms with E-state index in [4.69, 9.17) is 0 Å². The zero-order valence-electron chi connectivity index (χ0n) is 11.0. The van der Waals surface area contributed by atoms with E-state index in [9.17, 15) is 0 Å². The molecule has 1 fully saturated rings. The van der Waals surface area contributed by atoms with Crippen LogP contribution < -0.4 is 5.32 Å². The third kappa shape index (κ3) is 4.09. The number of hydrogen-bond donors (Lipinski definition) is 1. The zero-order valence-corrected chi connectivity index (χ0v) is 11.8. The van der Waals surface area contributed by atoms with Crippen molar-refractivity contribution in [1.29, 1.82) is 0 Å². The van der Waals surface area contributed by atoms with Crippen LogP contribution in [0.1, 0.15) is 25.1 Å². The molecule has 1 saturated heterocycles. The molecule has 0 amide bonds. The van der Waals surface area contributed by atoms with Gasteiger partial charge in [-0.3, -0.25) is 4.90 Å². The monoisotopic (exact) mass is 252 g/mol. The lowest BCUT2D eigenvalue weighted by Crippen LogP contribution is -2.35. The first-order valence-electron chi connectivity index (χ1n) is 6.73. The zero-order chi connectivity index (χ0) is 12.1. The molecule has 0 aliphatic carbocycles. The van der Waals surface area contributed by atoms with E-state index in [0.29, 0.717) is 0 Å². The molecule has 1 N–H and O–H groups in total. The minimum absolute atomic E-state index is 0.782. The van der Waals surface area contributed by atoms with Crippen molar-refractivity contribution in [3.8, 4) is 0 Å². The fourth-order valence-corrected chi connectivity index (χ4v) is 3.42. The van der Waals surface area contributed by atoms with Crippen molar-refractivity contribution in [3.63, 3.8) is 0 Å². The number of nitrogens with zero attached hydrogens (tertiary/aromatic N) is 1. The third-order valence-corrected chi connectivity index (χ3v) is 4.55. The van der Waals surface area contributed by atoms with Crippen LogP contribution in [0.25, 0.3) is 0 Å². The van der Waals surface area contributed by atoms with Gasteiger partial charge in [0, 0.05) is 37.1 Å². The lowest BCUT2D eigenvalue weighted by molar-refractivity contribution is 0.265. The van der Waals surface area contributed by atoms with Crippen LogP contribution in [-0.2, 0) is 6.42 Å². The van der Waals surface area contributed by atoms with E-state index >= 15 is 0 Å². The van der Waals surface area contributed by atoms with E-state index < -0.39 is 0 Å². The summed E-state index contributed by atoms with van der Waals surface area (Å²) in [6, 6.07) is 5.13. The minimum atomic E-state index is 0.782. The van der Waals surface area contributed by atoms with Crippen LogP contribution in [0.2, 0.25) is 0 Å². The molecular formula is C14H24N2S. The average molecular weight is 252 g/mol. The topological polar surface area (TPSA) is 15.3 Å². The summed E-state index contributed by atoms with van der Waals surface area (Å²) in [4.78, 5) is 4.10. The molecule has 2 unspecified atom stereocenters. The van der Waals surface area contributed by atoms with Crippen LogP contribution in [0, 0.1) is 5.92 Å². The molecule has 0 spiro atoms. The highest BCUT2D eigenvalue weighted by Crippen LogP contribution is 2.21. The summed E-state index contributed by atoms with van der Waals surface area (Å²) in [5, 5.41) is 5.71. The van der Waals surface area contributed by atoms with Crippen molar-refractivity contribution in [2.24, 2.45) is 5.92 Å². The molecule has 17 heavy (non-hydrogen) atoms. The first kappa shape index (κ1) is 13.1. The van der Waals surface area contributed by atoms with Gasteiger partial charge in [-0.2, -0.15) is 0 Å². The molecule has 1 aromatic rings. The van der Waals surface area contributed by atoms with Crippen LogP contribution >= 0.6 is 11.3 Å². The smallest absolute Gasteiger partial charge is 0.0110 e. The van der Waals surface area contributed by atoms with Crippen molar-refractivity contribution in [1.82, 2.24) is 10.2 Å². The van der Waals surface area contributed by atoms with E-state index in [1.165, 1.54) is 30.8 Å². The van der Waals surface area contributed by atoms with Crippen molar-refractivity contribution in [3.05, 3.63) is 22.4 Å². The molecule has 1 aliphatic heterocycles. The van der Waals surface area contributed by atoms with Crippen molar-refractivity contribution >= 4 is 11.3 Å². The molecule has 1 aliphatic rings. The van der Waals surface area contributed by atoms with Gasteiger partial charge >= 0.3 is 0 Å². The largest absolute Gasteiger partial charge is 0.315 e. The quantitative estimate of drug-likeness (QED) is 0.783. The Bertz CT molecular complexity index is 310. The second-order valence-electron chi connectivity index (χ2n) is 5.26. The summed E-state index contributed by atoms with van der Waals surface area (Å²) < 4.78 is 0. The first-order chi connectivity index (χ1) is 8.25. The van der Waals surface area contributed by atoms with E-state index in [-0.39, 0.29) is 0 Å². The lowest BCUT2D eigenvalue weighted by atomic mass is 10.1. The van der Waals surface area contributed by atoms with Crippen LogP contribution in [0.4, 0.5) is 0 Å². The molecule has 0 saturated carbocycles. The molecule has 2 rings (SSSR count). The highest BCUT2D eigenvalue weighted by atomic mass is 32.1. The SMILES string of the molecule is CC1CC(C)N(CCNCCc2cccs2)C1. The molecule has 2 heterocycles. The van der Waals surface area contributed by atoms with Crippen LogP contribution in [0.3, 0.4) is 0 Å². The Morgan fingerprint density at radius 3 is 2.94 bits per heavy atom. The maximum atomic E-state index is 3.55. The van der Waals surface area contributed by atoms with Gasteiger partial charge in [0.1, 0.15) is 0 Å². The van der Waals surface area contributed by atoms with E-state index in [1.807, 2.05) is 11.3 Å². The molecule has 3 heteroatoms. The maximum absolute atomic E-state index is 3.55. The molecule has 2 nitrogen and oxygen atoms in total. The van der Waals surface area contributed by atoms with E-state index in [0.717, 1.165) is 25.0 Å². The summed E-state index contributed by atoms with van der Waals surface area (Å²) in [5.74, 6) is 0.885. The first-order valence-corrected chi connectivity index (χ1v) is 7.61. The fourth-order valence-electron chi connectivity index (χ4n) is 2.71. The third-order valence-electron chi connectivity index (χ3n) is 3.62. The molecule has 96 valence electrons. The molecule has 1 aromatic heterocycles. The van der Waals surface area contributed by atoms with Gasteiger partial charge in [-0.25, -0.2) is 0 Å². The average Bonchev–Trinajstić information content (AvgIpc) is 2.89. The second-order valence-corrected chi connectivity index (χ2v) is 6.30. The Kier molecular flexibility index (Phi) is 5.01. The minimum Gasteiger partial charge on any atom is -0.315 e. The van der Waals surface area contributed by atoms with Crippen molar-refractivity contribution < 1.29 is 0 Å². The predicted molar refractivity (Wildman–Crippen MR) is 75.7 cm³/mol. The van der Waals surface area contributed by atoms with Gasteiger partial charge in [-0.1, -0.05) is 13.0 Å². The Labute approximate surface area is 109 Å². The summed E-state index contributed by atoms with van der Waals surface area (Å²) in [6.07, 6.45) is 2.54. The number of likely N-dealkylation sites (tertiary alicyclic amines) is 1. The van der Waals surface area contributed by atoms with Crippen LogP contribution in [0.15, 0.2) is 17.5 Å². The highest BCUT2D eigenvalue weighted by molar-refractivity contribution is 7.09. The normalized spacial score (nSPS) is 25.5. The van der Waals surface area contributed by atoms with Gasteiger partial charge in [0.25, 0.3) is 0 Å². The standard InChI is InChI=1S/C14H24N2S/c1-12-10-13(2)16(11-12)8-7-15-6-5-14-4-3-9-17-14/h3-4,9,12-13,15H,5-8,10-11H2,1-2H3. The van der Waals surface area contributed by atoms with E-state index in [2.05, 4.69) is 41.6 Å². The van der Waals surface area contributed by atoms with Crippen LogP contribution in [0.5, 0.6) is 0 Å². The molecule has 0 bridgehead atoms. The maximum Gasteiger partial charge on any atom is 0.0110 e. The summed E-state index contributed by atoms with van der Waals surface area (Å²) in [6.45, 7) is 9.44. The Morgan fingerprint density at radius 1 is 1.41 bits per heavy atom. The van der Waals surface area contributed by atoms with Crippen molar-refractivity contribution in [2.45, 2.75) is 32.7 Å². The summed E-state index contributed by atoms with van der Waals surface area (Å²) in [7, 11) is 0. The highest BCUT2D eigenvalue weighted by Gasteiger charge is 2.24. The summed E-state index contributed by atoms with van der Waals surface area (Å²) in [5.41, 5.74) is 0. The van der Waals surface area contributed by atoms with Gasteiger partial charge in [-0.05, 0) is 37.1 Å². The van der Waals surface area contributed by atoms with Crippen LogP contribution in [-0.4, -0.2) is 37.1 Å². The van der Waals surface area contributed by atoms with Gasteiger partial charge in [0.2, 0.25) is 0 Å².